The van der Waals surface area contributed by atoms with Gasteiger partial charge in [-0.15, -0.1) is 0 Å². The number of nitrogens with two attached hydrogens (primary N) is 1. The minimum Gasteiger partial charge on any atom is -0.350 e. The van der Waals surface area contributed by atoms with E-state index < -0.39 is 16.1 Å². The third-order valence-corrected chi connectivity index (χ3v) is 6.24. The summed E-state index contributed by atoms with van der Waals surface area (Å²) in [6, 6.07) is 14.9. The van der Waals surface area contributed by atoms with Gasteiger partial charge in [0.25, 0.3) is 0 Å². The molecule has 0 bridgehead atoms. The predicted molar refractivity (Wildman–Crippen MR) is 102 cm³/mol. The van der Waals surface area contributed by atoms with Gasteiger partial charge in [0, 0.05) is 19.6 Å². The molecule has 0 fully saturated rings. The molecule has 1 atom stereocenters. The van der Waals surface area contributed by atoms with Gasteiger partial charge in [0.1, 0.15) is 6.04 Å². The van der Waals surface area contributed by atoms with E-state index in [1.54, 1.807) is 50.2 Å². The number of nitrogens with one attached hydrogen (secondary N) is 1. The van der Waals surface area contributed by atoms with E-state index in [1.165, 1.54) is 4.31 Å². The van der Waals surface area contributed by atoms with Crippen LogP contribution in [0.25, 0.3) is 0 Å². The summed E-state index contributed by atoms with van der Waals surface area (Å²) < 4.78 is 26.3. The molecule has 7 heteroatoms. The summed E-state index contributed by atoms with van der Waals surface area (Å²) in [5.74, 6) is -0.281. The van der Waals surface area contributed by atoms with Gasteiger partial charge in [-0.05, 0) is 23.3 Å². The molecule has 0 spiro atoms. The van der Waals surface area contributed by atoms with E-state index in [4.69, 9.17) is 5.73 Å². The number of sulfonamides is 1. The fourth-order valence-corrected chi connectivity index (χ4v) is 4.06. The van der Waals surface area contributed by atoms with Crippen LogP contribution in [0.3, 0.4) is 0 Å². The van der Waals surface area contributed by atoms with Gasteiger partial charge in [-0.2, -0.15) is 4.31 Å². The maximum atomic E-state index is 12.5. The van der Waals surface area contributed by atoms with E-state index in [0.717, 1.165) is 11.1 Å². The summed E-state index contributed by atoms with van der Waals surface area (Å²) in [6.45, 7) is 4.74. The van der Waals surface area contributed by atoms with Crippen molar-refractivity contribution < 1.29 is 13.2 Å². The lowest BCUT2D eigenvalue weighted by Gasteiger charge is -2.18. The molecule has 1 unspecified atom stereocenters. The van der Waals surface area contributed by atoms with Gasteiger partial charge < -0.3 is 11.1 Å². The van der Waals surface area contributed by atoms with Gasteiger partial charge in [-0.3, -0.25) is 4.79 Å². The zero-order valence-corrected chi connectivity index (χ0v) is 15.9. The number of carbonyl (C=O) groups is 1. The highest BCUT2D eigenvalue weighted by Crippen LogP contribution is 2.16. The van der Waals surface area contributed by atoms with Crippen molar-refractivity contribution in [3.05, 3.63) is 65.7 Å². The Balaban J connectivity index is 2.00. The van der Waals surface area contributed by atoms with Crippen LogP contribution in [0.5, 0.6) is 0 Å². The molecular formula is C19H25N3O3S. The Kier molecular flexibility index (Phi) is 6.90. The SMILES string of the molecule is CCN(CC)S(=O)(=O)c1ccc(CNC(=O)C(N)c2ccccc2)cc1. The Morgan fingerprint density at radius 1 is 1.04 bits per heavy atom. The van der Waals surface area contributed by atoms with E-state index in [-0.39, 0.29) is 17.3 Å². The third kappa shape index (κ3) is 4.69. The molecule has 2 aromatic carbocycles. The summed E-state index contributed by atoms with van der Waals surface area (Å²) in [6.07, 6.45) is 0. The van der Waals surface area contributed by atoms with Crippen molar-refractivity contribution in [1.29, 1.82) is 0 Å². The fraction of sp³-hybridized carbons (Fsp3) is 0.316. The lowest BCUT2D eigenvalue weighted by Crippen LogP contribution is -2.33. The normalized spacial score (nSPS) is 12.8. The van der Waals surface area contributed by atoms with Crippen LogP contribution >= 0.6 is 0 Å². The molecule has 0 radical (unpaired) electrons. The highest BCUT2D eigenvalue weighted by molar-refractivity contribution is 7.89. The minimum atomic E-state index is -3.47. The number of nitrogens with zero attached hydrogens (tertiary/aromatic N) is 1. The Morgan fingerprint density at radius 2 is 1.62 bits per heavy atom. The van der Waals surface area contributed by atoms with Crippen molar-refractivity contribution in [2.45, 2.75) is 31.3 Å². The summed E-state index contributed by atoms with van der Waals surface area (Å²) in [5.41, 5.74) is 7.50. The van der Waals surface area contributed by atoms with Gasteiger partial charge in [0.15, 0.2) is 0 Å². The number of carbonyl (C=O) groups excluding carboxylic acids is 1. The molecule has 0 aliphatic heterocycles. The van der Waals surface area contributed by atoms with Crippen LogP contribution in [0.4, 0.5) is 0 Å². The summed E-state index contributed by atoms with van der Waals surface area (Å²) in [4.78, 5) is 12.4. The van der Waals surface area contributed by atoms with E-state index >= 15 is 0 Å². The van der Waals surface area contributed by atoms with Crippen molar-refractivity contribution in [3.8, 4) is 0 Å². The highest BCUT2D eigenvalue weighted by Gasteiger charge is 2.21. The maximum absolute atomic E-state index is 12.5. The monoisotopic (exact) mass is 375 g/mol. The summed E-state index contributed by atoms with van der Waals surface area (Å²) in [7, 11) is -3.47. The fourth-order valence-electron chi connectivity index (χ4n) is 2.60. The molecule has 0 saturated carbocycles. The zero-order valence-electron chi connectivity index (χ0n) is 15.1. The van der Waals surface area contributed by atoms with Crippen LogP contribution in [0, 0.1) is 0 Å². The van der Waals surface area contributed by atoms with Crippen LogP contribution in [0.1, 0.15) is 31.0 Å². The molecule has 2 rings (SSSR count). The average Bonchev–Trinajstić information content (AvgIpc) is 2.67. The van der Waals surface area contributed by atoms with Gasteiger partial charge in [0.05, 0.1) is 4.90 Å². The molecule has 6 nitrogen and oxygen atoms in total. The van der Waals surface area contributed by atoms with Gasteiger partial charge in [-0.1, -0.05) is 56.3 Å². The molecule has 0 aromatic heterocycles. The Hall–Kier alpha value is -2.22. The largest absolute Gasteiger partial charge is 0.350 e. The van der Waals surface area contributed by atoms with Gasteiger partial charge in [-0.25, -0.2) is 8.42 Å². The summed E-state index contributed by atoms with van der Waals surface area (Å²) >= 11 is 0. The maximum Gasteiger partial charge on any atom is 0.243 e. The lowest BCUT2D eigenvalue weighted by molar-refractivity contribution is -0.122. The smallest absolute Gasteiger partial charge is 0.243 e. The summed E-state index contributed by atoms with van der Waals surface area (Å²) in [5, 5.41) is 2.78. The van der Waals surface area contributed by atoms with Crippen LogP contribution < -0.4 is 11.1 Å². The van der Waals surface area contributed by atoms with E-state index in [0.29, 0.717) is 13.1 Å². The van der Waals surface area contributed by atoms with Crippen molar-refractivity contribution >= 4 is 15.9 Å². The lowest BCUT2D eigenvalue weighted by atomic mass is 10.1. The predicted octanol–water partition coefficient (Wildman–Crippen LogP) is 2.03. The average molecular weight is 375 g/mol. The number of benzene rings is 2. The first-order chi connectivity index (χ1) is 12.4. The first-order valence-corrected chi connectivity index (χ1v) is 10.0. The molecule has 0 saturated heterocycles. The van der Waals surface area contributed by atoms with Crippen molar-refractivity contribution in [2.24, 2.45) is 5.73 Å². The molecular weight excluding hydrogens is 350 g/mol. The third-order valence-electron chi connectivity index (χ3n) is 4.17. The number of hydrogen-bond acceptors (Lipinski definition) is 4. The Bertz CT molecular complexity index is 817. The molecule has 140 valence electrons. The standard InChI is InChI=1S/C19H25N3O3S/c1-3-22(4-2)26(24,25)17-12-10-15(11-13-17)14-21-19(23)18(20)16-8-6-5-7-9-16/h5-13,18H,3-4,14,20H2,1-2H3,(H,21,23). The Morgan fingerprint density at radius 3 is 2.15 bits per heavy atom. The van der Waals surface area contributed by atoms with Crippen LogP contribution in [0.2, 0.25) is 0 Å². The molecule has 0 heterocycles. The zero-order chi connectivity index (χ0) is 19.2. The molecule has 26 heavy (non-hydrogen) atoms. The van der Waals surface area contributed by atoms with E-state index in [2.05, 4.69) is 5.32 Å². The minimum absolute atomic E-state index is 0.247. The molecule has 3 N–H and O–H groups in total. The van der Waals surface area contributed by atoms with Gasteiger partial charge in [0.2, 0.25) is 15.9 Å². The number of hydrogen-bond donors (Lipinski definition) is 2. The van der Waals surface area contributed by atoms with Crippen LogP contribution in [0.15, 0.2) is 59.5 Å². The molecule has 2 aromatic rings. The van der Waals surface area contributed by atoms with E-state index in [9.17, 15) is 13.2 Å². The second kappa shape index (κ2) is 8.93. The molecule has 0 aliphatic rings. The van der Waals surface area contributed by atoms with Crippen molar-refractivity contribution in [1.82, 2.24) is 9.62 Å². The van der Waals surface area contributed by atoms with E-state index in [1.807, 2.05) is 18.2 Å². The first kappa shape index (κ1) is 20.1. The first-order valence-electron chi connectivity index (χ1n) is 8.57. The quantitative estimate of drug-likeness (QED) is 0.738. The van der Waals surface area contributed by atoms with Gasteiger partial charge >= 0.3 is 0 Å². The second-order valence-electron chi connectivity index (χ2n) is 5.84. The molecule has 1 amide bonds. The van der Waals surface area contributed by atoms with Crippen molar-refractivity contribution in [2.75, 3.05) is 13.1 Å². The van der Waals surface area contributed by atoms with Crippen molar-refractivity contribution in [3.63, 3.8) is 0 Å². The highest BCUT2D eigenvalue weighted by atomic mass is 32.2. The number of amides is 1. The Labute approximate surface area is 155 Å². The van der Waals surface area contributed by atoms with Crippen LogP contribution in [-0.4, -0.2) is 31.7 Å². The number of rotatable bonds is 8. The topological polar surface area (TPSA) is 92.5 Å². The second-order valence-corrected chi connectivity index (χ2v) is 7.78. The van der Waals surface area contributed by atoms with Crippen LogP contribution in [-0.2, 0) is 21.4 Å². The molecule has 0 aliphatic carbocycles.